The topological polar surface area (TPSA) is 21.3 Å². The first-order chi connectivity index (χ1) is 8.52. The Bertz CT molecular complexity index is 331. The second-order valence-corrected chi connectivity index (χ2v) is 5.58. The van der Waals surface area contributed by atoms with Gasteiger partial charge in [-0.05, 0) is 49.4 Å². The molecule has 1 aromatic rings. The van der Waals surface area contributed by atoms with Gasteiger partial charge in [-0.1, -0.05) is 32.9 Å². The van der Waals surface area contributed by atoms with Crippen LogP contribution in [-0.2, 0) is 6.42 Å². The molecule has 0 bridgehead atoms. The molecule has 1 N–H and O–H groups in total. The summed E-state index contributed by atoms with van der Waals surface area (Å²) < 4.78 is 5.16. The van der Waals surface area contributed by atoms with Crippen molar-refractivity contribution in [3.05, 3.63) is 29.8 Å². The zero-order valence-corrected chi connectivity index (χ0v) is 12.4. The van der Waals surface area contributed by atoms with Crippen LogP contribution in [0.3, 0.4) is 0 Å². The molecule has 2 unspecified atom stereocenters. The molecule has 1 aromatic carbocycles. The SMILES string of the molecule is COc1ccc(CC(C)NCC(C)C(C)C)cc1. The molecule has 0 heterocycles. The third-order valence-electron chi connectivity index (χ3n) is 3.63. The number of methoxy groups -OCH3 is 1. The summed E-state index contributed by atoms with van der Waals surface area (Å²) in [4.78, 5) is 0. The predicted molar refractivity (Wildman–Crippen MR) is 78.2 cm³/mol. The standard InChI is InChI=1S/C16H27NO/c1-12(2)13(3)11-17-14(4)10-15-6-8-16(18-5)9-7-15/h6-9,12-14,17H,10-11H2,1-5H3. The van der Waals surface area contributed by atoms with Crippen molar-refractivity contribution in [1.82, 2.24) is 5.32 Å². The molecule has 18 heavy (non-hydrogen) atoms. The molecule has 2 heteroatoms. The fraction of sp³-hybridized carbons (Fsp3) is 0.625. The van der Waals surface area contributed by atoms with Crippen LogP contribution in [0.5, 0.6) is 5.75 Å². The van der Waals surface area contributed by atoms with Crippen molar-refractivity contribution in [2.45, 2.75) is 40.2 Å². The van der Waals surface area contributed by atoms with Gasteiger partial charge >= 0.3 is 0 Å². The Morgan fingerprint density at radius 3 is 2.17 bits per heavy atom. The highest BCUT2D eigenvalue weighted by molar-refractivity contribution is 5.27. The van der Waals surface area contributed by atoms with Crippen LogP contribution in [0.2, 0.25) is 0 Å². The molecule has 102 valence electrons. The van der Waals surface area contributed by atoms with Gasteiger partial charge in [0.2, 0.25) is 0 Å². The summed E-state index contributed by atoms with van der Waals surface area (Å²) in [6.45, 7) is 10.2. The van der Waals surface area contributed by atoms with Crippen LogP contribution in [0.15, 0.2) is 24.3 Å². The lowest BCUT2D eigenvalue weighted by molar-refractivity contribution is 0.372. The average molecular weight is 249 g/mol. The van der Waals surface area contributed by atoms with E-state index in [-0.39, 0.29) is 0 Å². The van der Waals surface area contributed by atoms with Gasteiger partial charge in [-0.2, -0.15) is 0 Å². The minimum atomic E-state index is 0.514. The summed E-state index contributed by atoms with van der Waals surface area (Å²) in [5.74, 6) is 2.39. The molecule has 1 rings (SSSR count). The van der Waals surface area contributed by atoms with Crippen LogP contribution < -0.4 is 10.1 Å². The zero-order chi connectivity index (χ0) is 13.5. The molecule has 0 amide bonds. The van der Waals surface area contributed by atoms with E-state index in [0.717, 1.165) is 30.6 Å². The molecule has 0 aliphatic heterocycles. The van der Waals surface area contributed by atoms with Crippen molar-refractivity contribution in [2.24, 2.45) is 11.8 Å². The Hall–Kier alpha value is -1.02. The molecular formula is C16H27NO. The summed E-state index contributed by atoms with van der Waals surface area (Å²) in [6.07, 6.45) is 1.06. The first-order valence-corrected chi connectivity index (χ1v) is 6.89. The quantitative estimate of drug-likeness (QED) is 0.798. The Morgan fingerprint density at radius 1 is 1.06 bits per heavy atom. The van der Waals surface area contributed by atoms with Crippen LogP contribution in [0.1, 0.15) is 33.3 Å². The first kappa shape index (κ1) is 15.0. The third kappa shape index (κ3) is 5.09. The number of ether oxygens (including phenoxy) is 1. The largest absolute Gasteiger partial charge is 0.497 e. The minimum Gasteiger partial charge on any atom is -0.497 e. The number of rotatable bonds is 7. The molecule has 0 aromatic heterocycles. The molecule has 0 spiro atoms. The molecule has 2 nitrogen and oxygen atoms in total. The molecule has 0 saturated carbocycles. The first-order valence-electron chi connectivity index (χ1n) is 6.89. The van der Waals surface area contributed by atoms with E-state index >= 15 is 0 Å². The van der Waals surface area contributed by atoms with Crippen LogP contribution in [0.4, 0.5) is 0 Å². The summed E-state index contributed by atoms with van der Waals surface area (Å²) in [5, 5.41) is 3.61. The lowest BCUT2D eigenvalue weighted by Gasteiger charge is -2.20. The summed E-state index contributed by atoms with van der Waals surface area (Å²) >= 11 is 0. The van der Waals surface area contributed by atoms with Crippen molar-refractivity contribution in [1.29, 1.82) is 0 Å². The lowest BCUT2D eigenvalue weighted by Crippen LogP contribution is -2.33. The fourth-order valence-corrected chi connectivity index (χ4v) is 1.81. The zero-order valence-electron chi connectivity index (χ0n) is 12.4. The van der Waals surface area contributed by atoms with E-state index in [4.69, 9.17) is 4.74 Å². The minimum absolute atomic E-state index is 0.514. The normalized spacial score (nSPS) is 14.6. The van der Waals surface area contributed by atoms with E-state index in [0.29, 0.717) is 6.04 Å². The number of nitrogens with one attached hydrogen (secondary N) is 1. The Labute approximate surface area is 112 Å². The van der Waals surface area contributed by atoms with Gasteiger partial charge in [0.05, 0.1) is 7.11 Å². The number of hydrogen-bond acceptors (Lipinski definition) is 2. The fourth-order valence-electron chi connectivity index (χ4n) is 1.81. The maximum atomic E-state index is 5.16. The maximum absolute atomic E-state index is 5.16. The summed E-state index contributed by atoms with van der Waals surface area (Å²) in [7, 11) is 1.70. The highest BCUT2D eigenvalue weighted by atomic mass is 16.5. The van der Waals surface area contributed by atoms with E-state index in [9.17, 15) is 0 Å². The van der Waals surface area contributed by atoms with Crippen LogP contribution >= 0.6 is 0 Å². The van der Waals surface area contributed by atoms with Gasteiger partial charge in [-0.25, -0.2) is 0 Å². The monoisotopic (exact) mass is 249 g/mol. The molecule has 0 aliphatic rings. The molecule has 0 radical (unpaired) electrons. The van der Waals surface area contributed by atoms with Gasteiger partial charge in [-0.15, -0.1) is 0 Å². The number of hydrogen-bond donors (Lipinski definition) is 1. The molecule has 2 atom stereocenters. The van der Waals surface area contributed by atoms with E-state index in [1.165, 1.54) is 5.56 Å². The maximum Gasteiger partial charge on any atom is 0.118 e. The van der Waals surface area contributed by atoms with Crippen molar-refractivity contribution >= 4 is 0 Å². The smallest absolute Gasteiger partial charge is 0.118 e. The highest BCUT2D eigenvalue weighted by Crippen LogP contribution is 2.13. The molecule has 0 aliphatic carbocycles. The number of benzene rings is 1. The van der Waals surface area contributed by atoms with E-state index in [1.54, 1.807) is 7.11 Å². The van der Waals surface area contributed by atoms with Crippen molar-refractivity contribution in [3.63, 3.8) is 0 Å². The van der Waals surface area contributed by atoms with E-state index < -0.39 is 0 Å². The van der Waals surface area contributed by atoms with Gasteiger partial charge in [0.15, 0.2) is 0 Å². The Kier molecular flexibility index (Phi) is 6.20. The Balaban J connectivity index is 2.37. The van der Waals surface area contributed by atoms with Gasteiger partial charge in [0, 0.05) is 6.04 Å². The third-order valence-corrected chi connectivity index (χ3v) is 3.63. The van der Waals surface area contributed by atoms with Crippen molar-refractivity contribution in [3.8, 4) is 5.75 Å². The second-order valence-electron chi connectivity index (χ2n) is 5.58. The average Bonchev–Trinajstić information content (AvgIpc) is 2.36. The Morgan fingerprint density at radius 2 is 1.67 bits per heavy atom. The van der Waals surface area contributed by atoms with E-state index in [1.807, 2.05) is 12.1 Å². The predicted octanol–water partition coefficient (Wildman–Crippen LogP) is 3.51. The van der Waals surface area contributed by atoms with E-state index in [2.05, 4.69) is 45.1 Å². The second kappa shape index (κ2) is 7.42. The van der Waals surface area contributed by atoms with Crippen LogP contribution in [-0.4, -0.2) is 19.7 Å². The molecule has 0 fully saturated rings. The lowest BCUT2D eigenvalue weighted by atomic mass is 9.97. The van der Waals surface area contributed by atoms with Crippen molar-refractivity contribution < 1.29 is 4.74 Å². The van der Waals surface area contributed by atoms with Gasteiger partial charge in [-0.3, -0.25) is 0 Å². The highest BCUT2D eigenvalue weighted by Gasteiger charge is 2.09. The summed E-state index contributed by atoms with van der Waals surface area (Å²) in [6, 6.07) is 8.85. The molecule has 0 saturated heterocycles. The summed E-state index contributed by atoms with van der Waals surface area (Å²) in [5.41, 5.74) is 1.35. The van der Waals surface area contributed by atoms with Crippen molar-refractivity contribution in [2.75, 3.05) is 13.7 Å². The van der Waals surface area contributed by atoms with Gasteiger partial charge < -0.3 is 10.1 Å². The molecular weight excluding hydrogens is 222 g/mol. The van der Waals surface area contributed by atoms with Crippen LogP contribution in [0.25, 0.3) is 0 Å². The van der Waals surface area contributed by atoms with Gasteiger partial charge in [0.25, 0.3) is 0 Å². The van der Waals surface area contributed by atoms with Crippen LogP contribution in [0, 0.1) is 11.8 Å². The van der Waals surface area contributed by atoms with Gasteiger partial charge in [0.1, 0.15) is 5.75 Å².